The minimum Gasteiger partial charge on any atom is -0.744 e. The third-order valence-electron chi connectivity index (χ3n) is 11.5. The second-order valence-corrected chi connectivity index (χ2v) is 18.6. The lowest BCUT2D eigenvalue weighted by molar-refractivity contribution is -0.804. The molecule has 3 aromatic carbocycles. The summed E-state index contributed by atoms with van der Waals surface area (Å²) in [6.07, 6.45) is 14.7. The number of hydrogen-bond acceptors (Lipinski definition) is 15. The normalized spacial score (nSPS) is 18.5. The van der Waals surface area contributed by atoms with Crippen molar-refractivity contribution >= 4 is 68.4 Å². The molecular weight excluding hydrogens is 887 g/mol. The summed E-state index contributed by atoms with van der Waals surface area (Å²) in [6, 6.07) is 13.1. The Labute approximate surface area is 378 Å². The largest absolute Gasteiger partial charge is 0.744 e. The van der Waals surface area contributed by atoms with Gasteiger partial charge in [0.25, 0.3) is 23.2 Å². The van der Waals surface area contributed by atoms with Crippen LogP contribution in [-0.4, -0.2) is 62.5 Å². The number of nitrogens with zero attached hydrogens (tertiary/aromatic N) is 4. The van der Waals surface area contributed by atoms with Crippen molar-refractivity contribution in [3.05, 3.63) is 140 Å². The van der Waals surface area contributed by atoms with Gasteiger partial charge in [0.2, 0.25) is 5.69 Å². The minimum atomic E-state index is -4.80. The first-order valence-corrected chi connectivity index (χ1v) is 22.5. The van der Waals surface area contributed by atoms with Crippen molar-refractivity contribution < 1.29 is 66.1 Å². The number of nitrogens with one attached hydrogen (secondary N) is 1. The summed E-state index contributed by atoms with van der Waals surface area (Å²) in [6.45, 7) is 8.44. The highest BCUT2D eigenvalue weighted by molar-refractivity contribution is 7.94. The molecule has 65 heavy (non-hydrogen) atoms. The van der Waals surface area contributed by atoms with Crippen LogP contribution in [0.2, 0.25) is 0 Å². The number of rotatable bonds is 19. The van der Waals surface area contributed by atoms with E-state index in [1.165, 1.54) is 30.3 Å². The molecule has 0 radical (unpaired) electrons. The summed E-state index contributed by atoms with van der Waals surface area (Å²) < 4.78 is 42.8. The van der Waals surface area contributed by atoms with E-state index in [4.69, 9.17) is 4.84 Å². The molecule has 342 valence electrons. The van der Waals surface area contributed by atoms with Crippen LogP contribution in [0.15, 0.2) is 113 Å². The monoisotopic (exact) mass is 931 g/mol. The lowest BCUT2D eigenvalue weighted by atomic mass is 9.81. The lowest BCUT2D eigenvalue weighted by Gasteiger charge is -2.21. The van der Waals surface area contributed by atoms with Gasteiger partial charge in [0.15, 0.2) is 5.71 Å². The van der Waals surface area contributed by atoms with Gasteiger partial charge in [-0.2, -0.15) is 8.91 Å². The predicted octanol–water partition coefficient (Wildman–Crippen LogP) is 5.44. The zero-order chi connectivity index (χ0) is 47.3. The highest BCUT2D eigenvalue weighted by Crippen LogP contribution is 2.43. The van der Waals surface area contributed by atoms with Crippen molar-refractivity contribution in [1.29, 1.82) is 0 Å². The SMILES string of the molecule is CC1(C)C(/C=C/C=C/C=C/C=C2/[NH+](Cc3cc([N+](=O)[O-])cc([N+](=O)[O-])c3)c3ccc(S(=O)(=O)[O-])cc3C2(C)C)=[N+](CCCCCC(=O)ON2C(=O)CCC2=O)c2ccc(SOO[O-])cc21. The molecule has 1 atom stereocenters. The number of carbonyl (C=O) groups excluding carboxylic acids is 3. The second kappa shape index (κ2) is 19.9. The number of hydrogen-bond donors (Lipinski definition) is 1. The van der Waals surface area contributed by atoms with E-state index < -0.39 is 64.8 Å². The maximum Gasteiger partial charge on any atom is 0.333 e. The van der Waals surface area contributed by atoms with Gasteiger partial charge >= 0.3 is 5.97 Å². The molecule has 0 bridgehead atoms. The smallest absolute Gasteiger partial charge is 0.333 e. The summed E-state index contributed by atoms with van der Waals surface area (Å²) in [5.41, 5.74) is 2.76. The van der Waals surface area contributed by atoms with Gasteiger partial charge in [-0.1, -0.05) is 30.4 Å². The third kappa shape index (κ3) is 10.8. The van der Waals surface area contributed by atoms with Crippen LogP contribution in [0, 0.1) is 20.2 Å². The fourth-order valence-corrected chi connectivity index (χ4v) is 9.20. The van der Waals surface area contributed by atoms with Crippen LogP contribution in [0.4, 0.5) is 22.7 Å². The topological polar surface area (TPSA) is 256 Å². The highest BCUT2D eigenvalue weighted by atomic mass is 32.2. The molecule has 1 saturated heterocycles. The Morgan fingerprint density at radius 3 is 2.17 bits per heavy atom. The van der Waals surface area contributed by atoms with Crippen LogP contribution in [0.3, 0.4) is 0 Å². The summed E-state index contributed by atoms with van der Waals surface area (Å²) in [5, 5.41) is 38.0. The zero-order valence-corrected chi connectivity index (χ0v) is 37.3. The van der Waals surface area contributed by atoms with Crippen LogP contribution in [0.25, 0.3) is 0 Å². The number of imide groups is 1. The molecule has 0 spiro atoms. The van der Waals surface area contributed by atoms with E-state index >= 15 is 0 Å². The Hall–Kier alpha value is -6.20. The Bertz CT molecular complexity index is 2660. The van der Waals surface area contributed by atoms with Crippen LogP contribution in [0.5, 0.6) is 0 Å². The van der Waals surface area contributed by atoms with Gasteiger partial charge in [0, 0.05) is 77.6 Å². The number of amides is 2. The molecule has 0 aromatic heterocycles. The van der Waals surface area contributed by atoms with Crippen molar-refractivity contribution in [2.24, 2.45) is 0 Å². The van der Waals surface area contributed by atoms with E-state index in [0.717, 1.165) is 35.1 Å². The zero-order valence-electron chi connectivity index (χ0n) is 35.7. The quantitative estimate of drug-likeness (QED) is 0.0181. The fraction of sp³-hybridized carbons (Fsp3) is 0.318. The average Bonchev–Trinajstić information content (AvgIpc) is 3.76. The van der Waals surface area contributed by atoms with Crippen LogP contribution in [0.1, 0.15) is 82.9 Å². The van der Waals surface area contributed by atoms with Gasteiger partial charge in [0.1, 0.15) is 34.6 Å². The number of allylic oxidation sites excluding steroid dienone is 8. The van der Waals surface area contributed by atoms with Gasteiger partial charge < -0.3 is 14.6 Å². The van der Waals surface area contributed by atoms with E-state index in [0.29, 0.717) is 63.2 Å². The number of fused-ring (bicyclic) bond motifs is 2. The first-order valence-electron chi connectivity index (χ1n) is 20.3. The molecular formula is C44H45N5O14S2. The molecule has 3 aliphatic heterocycles. The molecule has 0 saturated carbocycles. The van der Waals surface area contributed by atoms with Gasteiger partial charge in [-0.05, 0) is 70.9 Å². The van der Waals surface area contributed by atoms with E-state index in [2.05, 4.69) is 27.8 Å². The number of hydroxylamine groups is 2. The van der Waals surface area contributed by atoms with Crippen molar-refractivity contribution in [2.75, 3.05) is 6.54 Å². The molecule has 1 unspecified atom stereocenters. The van der Waals surface area contributed by atoms with E-state index in [1.54, 1.807) is 24.3 Å². The maximum absolute atomic E-state index is 12.3. The standard InChI is InChI=1S/C44H45N5O14S2/c1-43(2)34-26-32(64-63-62-57)16-18-36(34)45(22-12-8-11-15-42(52)61-47-40(50)20-21-41(47)51)38(43)13-9-6-5-7-10-14-39-44(3,4)35-27-33(65(58,59)60)17-19-37(35)46(39)28-29-23-30(48(53)54)25-31(24-29)49(55)56/h5-7,9-10,13-14,16-19,23-27H,8,11-12,15,20-22,28H2,1-4H3,(H-,57,58,59,60). The van der Waals surface area contributed by atoms with Crippen molar-refractivity contribution in [2.45, 2.75) is 93.4 Å². The van der Waals surface area contributed by atoms with Crippen LogP contribution in [-0.2, 0) is 56.1 Å². The highest BCUT2D eigenvalue weighted by Gasteiger charge is 2.46. The molecule has 2 amide bonds. The maximum atomic E-state index is 12.3. The van der Waals surface area contributed by atoms with Gasteiger partial charge in [0.05, 0.1) is 43.7 Å². The number of unbranched alkanes of at least 4 members (excludes halogenated alkanes) is 2. The minimum absolute atomic E-state index is 0.0166. The number of benzene rings is 3. The van der Waals surface area contributed by atoms with Gasteiger partial charge in [-0.25, -0.2) is 13.2 Å². The fourth-order valence-electron chi connectivity index (χ4n) is 8.31. The Morgan fingerprint density at radius 2 is 1.52 bits per heavy atom. The Morgan fingerprint density at radius 1 is 0.862 bits per heavy atom. The summed E-state index contributed by atoms with van der Waals surface area (Å²) in [4.78, 5) is 63.8. The molecule has 1 fully saturated rings. The van der Waals surface area contributed by atoms with Crippen molar-refractivity contribution in [3.8, 4) is 0 Å². The molecule has 19 nitrogen and oxygen atoms in total. The van der Waals surface area contributed by atoms with Gasteiger partial charge in [-0.3, -0.25) is 39.8 Å². The summed E-state index contributed by atoms with van der Waals surface area (Å²) >= 11 is 0.787. The van der Waals surface area contributed by atoms with Crippen molar-refractivity contribution in [1.82, 2.24) is 5.06 Å². The van der Waals surface area contributed by atoms with E-state index in [1.807, 2.05) is 50.3 Å². The summed E-state index contributed by atoms with van der Waals surface area (Å²) in [5.74, 6) is -1.72. The molecule has 21 heteroatoms. The Kier molecular flexibility index (Phi) is 14.8. The number of nitro benzene ring substituents is 2. The first-order chi connectivity index (χ1) is 30.7. The van der Waals surface area contributed by atoms with Crippen LogP contribution < -0.4 is 10.2 Å². The third-order valence-corrected chi connectivity index (χ3v) is 12.9. The van der Waals surface area contributed by atoms with E-state index in [-0.39, 0.29) is 25.8 Å². The molecule has 3 heterocycles. The first kappa shape index (κ1) is 48.3. The van der Waals surface area contributed by atoms with Gasteiger partial charge in [-0.15, -0.1) is 5.06 Å². The molecule has 1 N–H and O–H groups in total. The molecule has 0 aliphatic carbocycles. The summed E-state index contributed by atoms with van der Waals surface area (Å²) in [7, 11) is -4.80. The molecule has 3 aromatic rings. The number of non-ortho nitro benzene ring substituents is 2. The van der Waals surface area contributed by atoms with E-state index in [9.17, 15) is 52.8 Å². The molecule has 6 rings (SSSR count). The number of carbonyl (C=O) groups is 3. The Balaban J connectivity index is 1.22. The average molecular weight is 932 g/mol. The second-order valence-electron chi connectivity index (χ2n) is 16.4. The lowest BCUT2D eigenvalue weighted by Crippen LogP contribution is -3.03. The van der Waals surface area contributed by atoms with Crippen molar-refractivity contribution in [3.63, 3.8) is 0 Å². The predicted molar refractivity (Wildman–Crippen MR) is 230 cm³/mol. The number of nitro groups is 2. The molecule has 3 aliphatic rings. The van der Waals surface area contributed by atoms with Crippen LogP contribution >= 0.6 is 12.0 Å². The number of quaternary nitrogens is 1.